The number of phenols is 12. The third-order valence-electron chi connectivity index (χ3n) is 10.7. The van der Waals surface area contributed by atoms with Gasteiger partial charge in [0.15, 0.2) is 70.1 Å². The standard InChI is InChI=1S/C41H30O28/c42-13-1-8(2-14(43)24(13)49)36(59)69-41-31(56)34-32(66-40(63)12(6-19(47)48)23-22-11(5-17(46)27(52)30(22)55)38(61)67-33(23)35(57)58)18(65-41)7-64-37(60)9-3-15(44)25(50)28(53)20(9)21-10(39(62)68-34)4-16(45)26(51)29(21)54/h1-6,18,23,31-34,41-46,49-56H,7H2,(H,47,48)(H,57,58)/b12-6-/t18-,23-,31-,32-,33+,34-,41+/m1/s1. The number of benzene rings is 4. The fourth-order valence-electron chi connectivity index (χ4n) is 7.49. The van der Waals surface area contributed by atoms with Crippen molar-refractivity contribution < 1.29 is 139 Å². The van der Waals surface area contributed by atoms with Crippen LogP contribution in [-0.4, -0.2) is 162 Å². The average Bonchev–Trinajstić information content (AvgIpc) is 3.28. The van der Waals surface area contributed by atoms with Gasteiger partial charge in [-0.2, -0.15) is 0 Å². The van der Waals surface area contributed by atoms with Crippen molar-refractivity contribution in [2.24, 2.45) is 0 Å². The molecule has 28 heteroatoms. The third kappa shape index (κ3) is 8.11. The Morgan fingerprint density at radius 3 is 1.62 bits per heavy atom. The lowest BCUT2D eigenvalue weighted by molar-refractivity contribution is -0.287. The van der Waals surface area contributed by atoms with Crippen molar-refractivity contribution >= 4 is 41.8 Å². The van der Waals surface area contributed by atoms with E-state index in [4.69, 9.17) is 28.4 Å². The third-order valence-corrected chi connectivity index (χ3v) is 10.7. The molecule has 69 heavy (non-hydrogen) atoms. The molecule has 28 nitrogen and oxygen atoms in total. The minimum Gasteiger partial charge on any atom is -0.504 e. The molecule has 15 N–H and O–H groups in total. The number of aliphatic carboxylic acids is 2. The summed E-state index contributed by atoms with van der Waals surface area (Å²) in [6, 6.07) is 2.27. The molecule has 0 radical (unpaired) electrons. The van der Waals surface area contributed by atoms with Crippen LogP contribution < -0.4 is 0 Å². The van der Waals surface area contributed by atoms with Gasteiger partial charge in [-0.25, -0.2) is 33.6 Å². The quantitative estimate of drug-likeness (QED) is 0.0493. The highest BCUT2D eigenvalue weighted by molar-refractivity contribution is 6.09. The van der Waals surface area contributed by atoms with Gasteiger partial charge in [0.2, 0.25) is 29.6 Å². The Hall–Kier alpha value is -9.57. The van der Waals surface area contributed by atoms with E-state index in [9.17, 15) is 110 Å². The van der Waals surface area contributed by atoms with Crippen molar-refractivity contribution in [3.8, 4) is 80.1 Å². The molecule has 0 unspecified atom stereocenters. The smallest absolute Gasteiger partial charge is 0.346 e. The van der Waals surface area contributed by atoms with E-state index in [-0.39, 0.29) is 6.08 Å². The number of fused-ring (bicyclic) bond motifs is 6. The second-order valence-electron chi connectivity index (χ2n) is 14.8. The molecule has 3 aliphatic heterocycles. The monoisotopic (exact) mass is 970 g/mol. The minimum atomic E-state index is -2.71. The first kappa shape index (κ1) is 47.4. The molecule has 3 heterocycles. The van der Waals surface area contributed by atoms with Crippen LogP contribution in [0.4, 0.5) is 0 Å². The minimum absolute atomic E-state index is 0.0453. The lowest BCUT2D eigenvalue weighted by Gasteiger charge is -2.43. The van der Waals surface area contributed by atoms with Gasteiger partial charge in [-0.1, -0.05) is 0 Å². The Kier molecular flexibility index (Phi) is 11.9. The molecule has 0 amide bonds. The van der Waals surface area contributed by atoms with Crippen molar-refractivity contribution in [3.63, 3.8) is 0 Å². The lowest BCUT2D eigenvalue weighted by Crippen LogP contribution is -2.62. The van der Waals surface area contributed by atoms with E-state index in [1.165, 1.54) is 0 Å². The van der Waals surface area contributed by atoms with E-state index in [2.05, 4.69) is 0 Å². The number of aromatic hydroxyl groups is 12. The van der Waals surface area contributed by atoms with Gasteiger partial charge in [0.25, 0.3) is 0 Å². The number of hydrogen-bond donors (Lipinski definition) is 15. The van der Waals surface area contributed by atoms with Crippen LogP contribution in [0.5, 0.6) is 69.0 Å². The highest BCUT2D eigenvalue weighted by Crippen LogP contribution is 2.54. The Bertz CT molecular complexity index is 2950. The van der Waals surface area contributed by atoms with Crippen LogP contribution in [0.25, 0.3) is 11.1 Å². The summed E-state index contributed by atoms with van der Waals surface area (Å²) in [6.07, 6.45) is -15.5. The molecule has 4 aromatic rings. The van der Waals surface area contributed by atoms with Gasteiger partial charge in [0, 0.05) is 22.8 Å². The number of carboxylic acid groups (broad SMARTS) is 2. The first-order chi connectivity index (χ1) is 32.3. The van der Waals surface area contributed by atoms with Gasteiger partial charge in [-0.15, -0.1) is 0 Å². The fourth-order valence-corrected chi connectivity index (χ4v) is 7.49. The Morgan fingerprint density at radius 2 is 1.09 bits per heavy atom. The van der Waals surface area contributed by atoms with E-state index in [1.54, 1.807) is 0 Å². The number of rotatable bonds is 7. The molecule has 0 saturated carbocycles. The van der Waals surface area contributed by atoms with Crippen LogP contribution in [0.1, 0.15) is 52.9 Å². The predicted octanol–water partition coefficient (Wildman–Crippen LogP) is -0.210. The second-order valence-corrected chi connectivity index (χ2v) is 14.8. The van der Waals surface area contributed by atoms with Crippen LogP contribution in [0, 0.1) is 0 Å². The number of esters is 5. The Balaban J connectivity index is 1.41. The number of cyclic esters (lactones) is 2. The van der Waals surface area contributed by atoms with Crippen LogP contribution in [0.2, 0.25) is 0 Å². The van der Waals surface area contributed by atoms with Gasteiger partial charge in [-0.3, -0.25) is 0 Å². The van der Waals surface area contributed by atoms with Gasteiger partial charge >= 0.3 is 41.8 Å². The number of carbonyl (C=O) groups is 7. The molecule has 1 saturated heterocycles. The largest absolute Gasteiger partial charge is 0.504 e. The van der Waals surface area contributed by atoms with Crippen molar-refractivity contribution in [2.45, 2.75) is 42.7 Å². The van der Waals surface area contributed by atoms with E-state index in [0.717, 1.165) is 0 Å². The highest BCUT2D eigenvalue weighted by Gasteiger charge is 2.54. The van der Waals surface area contributed by atoms with Crippen molar-refractivity contribution in [1.29, 1.82) is 0 Å². The van der Waals surface area contributed by atoms with Crippen LogP contribution in [-0.2, 0) is 42.8 Å². The van der Waals surface area contributed by atoms with Gasteiger partial charge in [0.1, 0.15) is 12.7 Å². The molecule has 0 spiro atoms. The molecule has 2 bridgehead atoms. The zero-order valence-corrected chi connectivity index (χ0v) is 33.7. The number of aliphatic hydroxyl groups is 1. The van der Waals surface area contributed by atoms with Crippen molar-refractivity contribution in [3.05, 3.63) is 69.8 Å². The number of aliphatic hydroxyl groups excluding tert-OH is 1. The number of carboxylic acids is 2. The highest BCUT2D eigenvalue weighted by atomic mass is 16.7. The summed E-state index contributed by atoms with van der Waals surface area (Å²) in [6.45, 7) is -1.39. The lowest BCUT2D eigenvalue weighted by atomic mass is 9.80. The SMILES string of the molecule is O=C(O)/C=C(\C(=O)O[C@H]1[C@@H]2OC(=O)c3cc(O)c(O)c(O)c3-c3c(cc(O)c(O)c3O)C(=O)OC[C@H]1O[C@@H](OC(=O)c1cc(O)c(O)c(O)c1)[C@@H]2O)[C@@H]1c2c(cc(O)c(O)c2O)C(=O)O[C@@H]1C(=O)O. The Morgan fingerprint density at radius 1 is 0.594 bits per heavy atom. The molecule has 7 rings (SSSR count). The van der Waals surface area contributed by atoms with Crippen LogP contribution in [0.3, 0.4) is 0 Å². The van der Waals surface area contributed by atoms with E-state index in [1.807, 2.05) is 0 Å². The normalized spacial score (nSPS) is 22.1. The number of carbonyl (C=O) groups excluding carboxylic acids is 5. The van der Waals surface area contributed by atoms with Gasteiger partial charge < -0.3 is 105 Å². The number of ether oxygens (including phenoxy) is 6. The van der Waals surface area contributed by atoms with Crippen molar-refractivity contribution in [1.82, 2.24) is 0 Å². The predicted molar refractivity (Wildman–Crippen MR) is 209 cm³/mol. The maximum Gasteiger partial charge on any atom is 0.346 e. The van der Waals surface area contributed by atoms with Gasteiger partial charge in [-0.05, 0) is 30.3 Å². The zero-order chi connectivity index (χ0) is 50.8. The van der Waals surface area contributed by atoms with E-state index < -0.39 is 205 Å². The fraction of sp³-hybridized carbons (Fsp3) is 0.195. The molecular weight excluding hydrogens is 940 g/mol. The maximum atomic E-state index is 14.5. The Labute approximate surface area is 379 Å². The summed E-state index contributed by atoms with van der Waals surface area (Å²) in [7, 11) is 0. The molecular formula is C41H30O28. The topological polar surface area (TPSA) is 478 Å². The first-order valence-electron chi connectivity index (χ1n) is 18.9. The average molecular weight is 971 g/mol. The van der Waals surface area contributed by atoms with Crippen molar-refractivity contribution in [2.75, 3.05) is 6.61 Å². The van der Waals surface area contributed by atoms with E-state index in [0.29, 0.717) is 30.3 Å². The molecule has 0 aliphatic carbocycles. The summed E-state index contributed by atoms with van der Waals surface area (Å²) in [4.78, 5) is 93.8. The summed E-state index contributed by atoms with van der Waals surface area (Å²) < 4.78 is 32.0. The summed E-state index contributed by atoms with van der Waals surface area (Å²) in [5.74, 6) is -31.5. The molecule has 1 fully saturated rings. The number of hydrogen-bond acceptors (Lipinski definition) is 26. The van der Waals surface area contributed by atoms with Crippen LogP contribution >= 0.6 is 0 Å². The van der Waals surface area contributed by atoms with E-state index >= 15 is 0 Å². The molecule has 7 atom stereocenters. The molecule has 3 aliphatic rings. The first-order valence-corrected chi connectivity index (χ1v) is 18.9. The zero-order valence-electron chi connectivity index (χ0n) is 33.7. The molecule has 362 valence electrons. The summed E-state index contributed by atoms with van der Waals surface area (Å²) in [5.41, 5.74) is -8.70. The number of phenolic OH excluding ortho intramolecular Hbond substituents is 12. The maximum absolute atomic E-state index is 14.5. The van der Waals surface area contributed by atoms with Gasteiger partial charge in [0.05, 0.1) is 33.7 Å². The van der Waals surface area contributed by atoms with Crippen LogP contribution in [0.15, 0.2) is 42.0 Å². The molecule has 0 aromatic heterocycles. The summed E-state index contributed by atoms with van der Waals surface area (Å²) in [5, 5.41) is 157. The summed E-state index contributed by atoms with van der Waals surface area (Å²) >= 11 is 0. The molecule has 4 aromatic carbocycles. The second kappa shape index (κ2) is 17.3.